The molecule has 0 aliphatic rings. The fourth-order valence-corrected chi connectivity index (χ4v) is 1.43. The van der Waals surface area contributed by atoms with Gasteiger partial charge in [0.05, 0.1) is 12.2 Å². The molecule has 0 aromatic rings. The minimum atomic E-state index is -0.340. The van der Waals surface area contributed by atoms with Crippen molar-refractivity contribution in [3.05, 3.63) is 0 Å². The molecule has 0 saturated heterocycles. The lowest BCUT2D eigenvalue weighted by molar-refractivity contribution is 0.0649. The highest BCUT2D eigenvalue weighted by Crippen LogP contribution is 2.08. The van der Waals surface area contributed by atoms with Crippen molar-refractivity contribution < 1.29 is 5.11 Å². The quantitative estimate of drug-likeness (QED) is 0.705. The molecule has 0 bridgehead atoms. The molecule has 0 fully saturated rings. The largest absolute Gasteiger partial charge is 0.392 e. The second kappa shape index (κ2) is 6.80. The van der Waals surface area contributed by atoms with Gasteiger partial charge in [0.25, 0.3) is 0 Å². The maximum atomic E-state index is 9.48. The maximum absolute atomic E-state index is 9.48. The van der Waals surface area contributed by atoms with Gasteiger partial charge in [-0.15, -0.1) is 0 Å². The van der Waals surface area contributed by atoms with Gasteiger partial charge in [0, 0.05) is 25.6 Å². The molecule has 3 heteroatoms. The van der Waals surface area contributed by atoms with E-state index >= 15 is 0 Å². The fraction of sp³-hybridized carbons (Fsp3) is 0.909. The van der Waals surface area contributed by atoms with Crippen LogP contribution in [0.4, 0.5) is 0 Å². The number of hydrogen-bond acceptors (Lipinski definition) is 3. The summed E-state index contributed by atoms with van der Waals surface area (Å²) in [5, 5.41) is 18.0. The average molecular weight is 198 g/mol. The van der Waals surface area contributed by atoms with E-state index in [2.05, 4.69) is 24.8 Å². The summed E-state index contributed by atoms with van der Waals surface area (Å²) in [6.07, 6.45) is 0.191. The van der Waals surface area contributed by atoms with Crippen molar-refractivity contribution >= 4 is 0 Å². The Morgan fingerprint density at radius 3 is 2.21 bits per heavy atom. The van der Waals surface area contributed by atoms with Crippen LogP contribution in [0.25, 0.3) is 0 Å². The van der Waals surface area contributed by atoms with E-state index in [-0.39, 0.29) is 12.1 Å². The summed E-state index contributed by atoms with van der Waals surface area (Å²) in [4.78, 5) is 2.18. The molecule has 2 atom stereocenters. The van der Waals surface area contributed by atoms with Crippen LogP contribution in [0, 0.1) is 17.2 Å². The molecule has 0 aliphatic carbocycles. The molecule has 82 valence electrons. The van der Waals surface area contributed by atoms with Gasteiger partial charge in [-0.2, -0.15) is 5.26 Å². The number of aliphatic hydroxyl groups excluding tert-OH is 1. The Kier molecular flexibility index (Phi) is 6.52. The molecule has 0 spiro atoms. The van der Waals surface area contributed by atoms with Gasteiger partial charge >= 0.3 is 0 Å². The maximum Gasteiger partial charge on any atom is 0.0664 e. The standard InChI is InChI=1S/C11H22N2O/c1-9(2)8-13(7-5-6-12)10(3)11(4)14/h9-11,14H,5,7-8H2,1-4H3. The second-order valence-corrected chi connectivity index (χ2v) is 4.28. The van der Waals surface area contributed by atoms with Crippen LogP contribution in [0.15, 0.2) is 0 Å². The van der Waals surface area contributed by atoms with Crippen LogP contribution >= 0.6 is 0 Å². The van der Waals surface area contributed by atoms with Crippen LogP contribution in [-0.4, -0.2) is 35.2 Å². The molecular weight excluding hydrogens is 176 g/mol. The van der Waals surface area contributed by atoms with Crippen molar-refractivity contribution in [1.82, 2.24) is 4.90 Å². The predicted octanol–water partition coefficient (Wildman–Crippen LogP) is 1.63. The van der Waals surface area contributed by atoms with Gasteiger partial charge in [-0.05, 0) is 19.8 Å². The van der Waals surface area contributed by atoms with Gasteiger partial charge in [0.15, 0.2) is 0 Å². The minimum Gasteiger partial charge on any atom is -0.392 e. The van der Waals surface area contributed by atoms with E-state index in [9.17, 15) is 5.11 Å². The molecule has 0 amide bonds. The molecule has 0 aromatic heterocycles. The summed E-state index contributed by atoms with van der Waals surface area (Å²) < 4.78 is 0. The first-order valence-corrected chi connectivity index (χ1v) is 5.28. The van der Waals surface area contributed by atoms with Gasteiger partial charge in [-0.1, -0.05) is 13.8 Å². The number of rotatable bonds is 6. The number of aliphatic hydroxyl groups is 1. The summed E-state index contributed by atoms with van der Waals surface area (Å²) >= 11 is 0. The van der Waals surface area contributed by atoms with Crippen LogP contribution in [0.1, 0.15) is 34.1 Å². The molecular formula is C11H22N2O. The highest BCUT2D eigenvalue weighted by molar-refractivity contribution is 4.78. The summed E-state index contributed by atoms with van der Waals surface area (Å²) in [7, 11) is 0. The highest BCUT2D eigenvalue weighted by atomic mass is 16.3. The molecule has 0 saturated carbocycles. The van der Waals surface area contributed by atoms with E-state index in [1.165, 1.54) is 0 Å². The lowest BCUT2D eigenvalue weighted by atomic mass is 10.1. The minimum absolute atomic E-state index is 0.130. The molecule has 0 rings (SSSR count). The Labute approximate surface area is 87.3 Å². The first-order valence-electron chi connectivity index (χ1n) is 5.28. The third-order valence-electron chi connectivity index (χ3n) is 2.38. The van der Waals surface area contributed by atoms with Crippen molar-refractivity contribution in [3.8, 4) is 6.07 Å². The van der Waals surface area contributed by atoms with Crippen LogP contribution in [-0.2, 0) is 0 Å². The zero-order chi connectivity index (χ0) is 11.1. The molecule has 3 nitrogen and oxygen atoms in total. The van der Waals surface area contributed by atoms with Crippen molar-refractivity contribution in [3.63, 3.8) is 0 Å². The Bertz CT molecular complexity index is 184. The van der Waals surface area contributed by atoms with Gasteiger partial charge in [-0.25, -0.2) is 0 Å². The van der Waals surface area contributed by atoms with E-state index in [1.807, 2.05) is 6.92 Å². The summed E-state index contributed by atoms with van der Waals surface area (Å²) in [6, 6.07) is 2.27. The first kappa shape index (κ1) is 13.4. The third kappa shape index (κ3) is 5.21. The van der Waals surface area contributed by atoms with Crippen molar-refractivity contribution in [1.29, 1.82) is 5.26 Å². The molecule has 0 radical (unpaired) electrons. The smallest absolute Gasteiger partial charge is 0.0664 e. The Morgan fingerprint density at radius 2 is 1.86 bits per heavy atom. The fourth-order valence-electron chi connectivity index (χ4n) is 1.43. The van der Waals surface area contributed by atoms with Gasteiger partial charge < -0.3 is 5.11 Å². The second-order valence-electron chi connectivity index (χ2n) is 4.28. The van der Waals surface area contributed by atoms with E-state index in [1.54, 1.807) is 6.92 Å². The van der Waals surface area contributed by atoms with Gasteiger partial charge in [0.2, 0.25) is 0 Å². The first-order chi connectivity index (χ1) is 6.49. The number of hydrogen-bond donors (Lipinski definition) is 1. The van der Waals surface area contributed by atoms with E-state index in [4.69, 9.17) is 5.26 Å². The van der Waals surface area contributed by atoms with E-state index in [0.29, 0.717) is 12.3 Å². The topological polar surface area (TPSA) is 47.3 Å². The van der Waals surface area contributed by atoms with Crippen molar-refractivity contribution in [2.75, 3.05) is 13.1 Å². The van der Waals surface area contributed by atoms with Crippen LogP contribution in [0.2, 0.25) is 0 Å². The van der Waals surface area contributed by atoms with Crippen LogP contribution in [0.5, 0.6) is 0 Å². The Balaban J connectivity index is 4.16. The monoisotopic (exact) mass is 198 g/mol. The molecule has 14 heavy (non-hydrogen) atoms. The number of nitriles is 1. The molecule has 2 unspecified atom stereocenters. The summed E-state index contributed by atoms with van der Waals surface area (Å²) in [5.41, 5.74) is 0. The van der Waals surface area contributed by atoms with E-state index in [0.717, 1.165) is 13.1 Å². The zero-order valence-electron chi connectivity index (χ0n) is 9.70. The van der Waals surface area contributed by atoms with E-state index < -0.39 is 0 Å². The van der Waals surface area contributed by atoms with Crippen molar-refractivity contribution in [2.45, 2.75) is 46.3 Å². The summed E-state index contributed by atoms with van der Waals surface area (Å²) in [6.45, 7) is 9.78. The lowest BCUT2D eigenvalue weighted by Gasteiger charge is -2.31. The normalized spacial score (nSPS) is 15.6. The lowest BCUT2D eigenvalue weighted by Crippen LogP contribution is -2.42. The zero-order valence-corrected chi connectivity index (χ0v) is 9.70. The molecule has 0 aliphatic heterocycles. The van der Waals surface area contributed by atoms with Gasteiger partial charge in [-0.3, -0.25) is 4.90 Å². The molecule has 0 heterocycles. The molecule has 0 aromatic carbocycles. The summed E-state index contributed by atoms with van der Waals surface area (Å²) in [5.74, 6) is 0.565. The Hall–Kier alpha value is -0.590. The van der Waals surface area contributed by atoms with Crippen LogP contribution in [0.3, 0.4) is 0 Å². The highest BCUT2D eigenvalue weighted by Gasteiger charge is 2.18. The Morgan fingerprint density at radius 1 is 1.29 bits per heavy atom. The predicted molar refractivity (Wildman–Crippen MR) is 57.8 cm³/mol. The number of nitrogens with zero attached hydrogens (tertiary/aromatic N) is 2. The van der Waals surface area contributed by atoms with Crippen LogP contribution < -0.4 is 0 Å². The van der Waals surface area contributed by atoms with Crippen molar-refractivity contribution in [2.24, 2.45) is 5.92 Å². The SMILES string of the molecule is CC(C)CN(CCC#N)C(C)C(C)O. The third-order valence-corrected chi connectivity index (χ3v) is 2.38. The average Bonchev–Trinajstić information content (AvgIpc) is 2.10. The molecule has 1 N–H and O–H groups in total. The van der Waals surface area contributed by atoms with Gasteiger partial charge in [0.1, 0.15) is 0 Å².